The smallest absolute Gasteiger partial charge is 0.256 e. The van der Waals surface area contributed by atoms with Crippen molar-refractivity contribution in [2.24, 2.45) is 0 Å². The summed E-state index contributed by atoms with van der Waals surface area (Å²) in [6.07, 6.45) is 0. The molecule has 1 amide bonds. The molecule has 0 atom stereocenters. The van der Waals surface area contributed by atoms with E-state index in [9.17, 15) is 22.4 Å². The first-order valence-corrected chi connectivity index (χ1v) is 10.8. The van der Waals surface area contributed by atoms with E-state index in [2.05, 4.69) is 5.32 Å². The minimum Gasteiger partial charge on any atom is -0.322 e. The number of halogens is 1. The van der Waals surface area contributed by atoms with Crippen molar-refractivity contribution in [2.45, 2.75) is 11.8 Å². The van der Waals surface area contributed by atoms with E-state index in [1.165, 1.54) is 56.6 Å². The third-order valence-electron chi connectivity index (χ3n) is 4.73. The fraction of sp³-hybridized carbons (Fsp3) is 0.130. The highest BCUT2D eigenvalue weighted by atomic mass is 32.2. The van der Waals surface area contributed by atoms with Gasteiger partial charge in [0.05, 0.1) is 10.5 Å². The molecule has 0 spiro atoms. The third-order valence-corrected chi connectivity index (χ3v) is 6.68. The number of hydrogen-bond donors (Lipinski definition) is 1. The van der Waals surface area contributed by atoms with Crippen LogP contribution in [0.1, 0.15) is 31.8 Å². The summed E-state index contributed by atoms with van der Waals surface area (Å²) in [6.45, 7) is 1.67. The van der Waals surface area contributed by atoms with Crippen LogP contribution >= 0.6 is 0 Å². The van der Waals surface area contributed by atoms with E-state index in [0.29, 0.717) is 5.56 Å². The van der Waals surface area contributed by atoms with E-state index in [1.54, 1.807) is 31.2 Å². The molecule has 8 heteroatoms. The summed E-state index contributed by atoms with van der Waals surface area (Å²) >= 11 is 0. The molecule has 0 saturated heterocycles. The first-order valence-electron chi connectivity index (χ1n) is 9.35. The topological polar surface area (TPSA) is 83.5 Å². The highest BCUT2D eigenvalue weighted by Crippen LogP contribution is 2.23. The van der Waals surface area contributed by atoms with E-state index in [-0.39, 0.29) is 27.3 Å². The van der Waals surface area contributed by atoms with Gasteiger partial charge in [0.15, 0.2) is 5.78 Å². The van der Waals surface area contributed by atoms with Crippen molar-refractivity contribution in [3.8, 4) is 0 Å². The van der Waals surface area contributed by atoms with Crippen LogP contribution < -0.4 is 5.32 Å². The number of rotatable bonds is 6. The molecule has 0 heterocycles. The quantitative estimate of drug-likeness (QED) is 0.590. The molecule has 1 N–H and O–H groups in total. The van der Waals surface area contributed by atoms with E-state index < -0.39 is 27.5 Å². The van der Waals surface area contributed by atoms with Crippen LogP contribution in [0.25, 0.3) is 0 Å². The van der Waals surface area contributed by atoms with Gasteiger partial charge in [0, 0.05) is 30.9 Å². The molecule has 0 bridgehead atoms. The molecule has 0 unspecified atom stereocenters. The van der Waals surface area contributed by atoms with Crippen molar-refractivity contribution in [1.82, 2.24) is 4.31 Å². The number of ketones is 1. The highest BCUT2D eigenvalue weighted by molar-refractivity contribution is 7.89. The first kappa shape index (κ1) is 22.3. The number of benzene rings is 3. The second-order valence-corrected chi connectivity index (χ2v) is 9.22. The van der Waals surface area contributed by atoms with Gasteiger partial charge in [-0.3, -0.25) is 9.59 Å². The average molecular weight is 440 g/mol. The molecular formula is C23H21FN2O4S. The number of sulfonamides is 1. The van der Waals surface area contributed by atoms with Gasteiger partial charge in [-0.15, -0.1) is 0 Å². The maximum Gasteiger partial charge on any atom is 0.256 e. The summed E-state index contributed by atoms with van der Waals surface area (Å²) in [5.74, 6) is -1.46. The minimum atomic E-state index is -3.69. The second-order valence-electron chi connectivity index (χ2n) is 7.10. The lowest BCUT2D eigenvalue weighted by atomic mass is 9.98. The van der Waals surface area contributed by atoms with Gasteiger partial charge < -0.3 is 5.32 Å². The van der Waals surface area contributed by atoms with E-state index in [1.807, 2.05) is 0 Å². The number of anilines is 1. The van der Waals surface area contributed by atoms with Crippen LogP contribution in [0.4, 0.5) is 10.1 Å². The van der Waals surface area contributed by atoms with Gasteiger partial charge in [0.2, 0.25) is 10.0 Å². The zero-order valence-electron chi connectivity index (χ0n) is 17.2. The Morgan fingerprint density at radius 2 is 1.52 bits per heavy atom. The Kier molecular flexibility index (Phi) is 6.33. The van der Waals surface area contributed by atoms with Gasteiger partial charge in [-0.2, -0.15) is 0 Å². The average Bonchev–Trinajstić information content (AvgIpc) is 2.74. The Morgan fingerprint density at radius 1 is 0.903 bits per heavy atom. The number of carbonyl (C=O) groups excluding carboxylic acids is 2. The van der Waals surface area contributed by atoms with Gasteiger partial charge in [-0.1, -0.05) is 24.3 Å². The van der Waals surface area contributed by atoms with Crippen molar-refractivity contribution in [1.29, 1.82) is 0 Å². The molecule has 6 nitrogen and oxygen atoms in total. The summed E-state index contributed by atoms with van der Waals surface area (Å²) in [7, 11) is -0.839. The molecule has 0 radical (unpaired) electrons. The third kappa shape index (κ3) is 4.70. The molecule has 0 fully saturated rings. The second kappa shape index (κ2) is 8.79. The van der Waals surface area contributed by atoms with Gasteiger partial charge in [-0.25, -0.2) is 17.1 Å². The van der Waals surface area contributed by atoms with Gasteiger partial charge in [-0.05, 0) is 55.0 Å². The van der Waals surface area contributed by atoms with Crippen molar-refractivity contribution in [3.05, 3.63) is 94.8 Å². The van der Waals surface area contributed by atoms with E-state index in [0.717, 1.165) is 4.31 Å². The summed E-state index contributed by atoms with van der Waals surface area (Å²) in [5, 5.41) is 2.66. The van der Waals surface area contributed by atoms with Crippen molar-refractivity contribution in [3.63, 3.8) is 0 Å². The van der Waals surface area contributed by atoms with Crippen LogP contribution in [0, 0.1) is 12.7 Å². The molecule has 3 aromatic rings. The molecule has 3 rings (SSSR count). The number of carbonyl (C=O) groups is 2. The zero-order chi connectivity index (χ0) is 22.8. The summed E-state index contributed by atoms with van der Waals surface area (Å²) < 4.78 is 39.3. The normalized spacial score (nSPS) is 11.4. The van der Waals surface area contributed by atoms with E-state index in [4.69, 9.17) is 0 Å². The standard InChI is InChI=1S/C23H21FN2O4S/c1-15-8-13-18(14-21(15)31(29,30)26(2)3)25-23(28)20-7-5-4-6-19(20)22(27)16-9-11-17(24)12-10-16/h4-14H,1-3H3,(H,25,28). The summed E-state index contributed by atoms with van der Waals surface area (Å²) in [5.41, 5.74) is 1.34. The SMILES string of the molecule is Cc1ccc(NC(=O)c2ccccc2C(=O)c2ccc(F)cc2)cc1S(=O)(=O)N(C)C. The van der Waals surface area contributed by atoms with Crippen molar-refractivity contribution in [2.75, 3.05) is 19.4 Å². The summed E-state index contributed by atoms with van der Waals surface area (Å²) in [4.78, 5) is 25.8. The number of nitrogens with zero attached hydrogens (tertiary/aromatic N) is 1. The number of hydrogen-bond acceptors (Lipinski definition) is 4. The lowest BCUT2D eigenvalue weighted by Crippen LogP contribution is -2.23. The predicted molar refractivity (Wildman–Crippen MR) is 116 cm³/mol. The molecular weight excluding hydrogens is 419 g/mol. The highest BCUT2D eigenvalue weighted by Gasteiger charge is 2.22. The lowest BCUT2D eigenvalue weighted by molar-refractivity contribution is 0.0996. The largest absolute Gasteiger partial charge is 0.322 e. The summed E-state index contributed by atoms with van der Waals surface area (Å²) in [6, 6.07) is 15.9. The van der Waals surface area contributed by atoms with Crippen LogP contribution in [0.15, 0.2) is 71.6 Å². The fourth-order valence-corrected chi connectivity index (χ4v) is 4.13. The van der Waals surface area contributed by atoms with Crippen LogP contribution in [0.3, 0.4) is 0 Å². The molecule has 31 heavy (non-hydrogen) atoms. The fourth-order valence-electron chi connectivity index (χ4n) is 2.99. The molecule has 0 aliphatic carbocycles. The molecule has 160 valence electrons. The minimum absolute atomic E-state index is 0.0750. The monoisotopic (exact) mass is 440 g/mol. The zero-order valence-corrected chi connectivity index (χ0v) is 18.0. The molecule has 3 aromatic carbocycles. The van der Waals surface area contributed by atoms with E-state index >= 15 is 0 Å². The number of amides is 1. The Morgan fingerprint density at radius 3 is 2.13 bits per heavy atom. The number of nitrogens with one attached hydrogen (secondary N) is 1. The Hall–Kier alpha value is -3.36. The first-order chi connectivity index (χ1) is 14.6. The maximum atomic E-state index is 13.2. The van der Waals surface area contributed by atoms with Crippen LogP contribution in [-0.4, -0.2) is 38.5 Å². The Bertz CT molecular complexity index is 1250. The molecule has 0 aromatic heterocycles. The molecule has 0 aliphatic rings. The molecule has 0 aliphatic heterocycles. The van der Waals surface area contributed by atoms with Crippen LogP contribution in [-0.2, 0) is 10.0 Å². The van der Waals surface area contributed by atoms with Crippen molar-refractivity contribution < 1.29 is 22.4 Å². The molecule has 0 saturated carbocycles. The van der Waals surface area contributed by atoms with Crippen LogP contribution in [0.5, 0.6) is 0 Å². The lowest BCUT2D eigenvalue weighted by Gasteiger charge is -2.15. The maximum absolute atomic E-state index is 13.2. The Labute approximate surface area is 180 Å². The van der Waals surface area contributed by atoms with Crippen molar-refractivity contribution >= 4 is 27.4 Å². The van der Waals surface area contributed by atoms with Crippen LogP contribution in [0.2, 0.25) is 0 Å². The van der Waals surface area contributed by atoms with Gasteiger partial charge in [0.1, 0.15) is 5.82 Å². The Balaban J connectivity index is 1.94. The predicted octanol–water partition coefficient (Wildman–Crippen LogP) is 3.87. The van der Waals surface area contributed by atoms with Gasteiger partial charge in [0.25, 0.3) is 5.91 Å². The van der Waals surface area contributed by atoms with Gasteiger partial charge >= 0.3 is 0 Å². The number of aryl methyl sites for hydroxylation is 1.